The first-order valence-electron chi connectivity index (χ1n) is 6.82. The number of thiophene rings is 1. The number of nitrogens with one attached hydrogen (secondary N) is 1. The number of hydrogen-bond acceptors (Lipinski definition) is 2. The first-order valence-corrected chi connectivity index (χ1v) is 8.39. The summed E-state index contributed by atoms with van der Waals surface area (Å²) in [5.74, 6) is 0.814. The van der Waals surface area contributed by atoms with Crippen molar-refractivity contribution in [2.75, 3.05) is 0 Å². The maximum absolute atomic E-state index is 6.22. The zero-order chi connectivity index (χ0) is 13.1. The minimum atomic E-state index is 0.290. The van der Waals surface area contributed by atoms with Crippen molar-refractivity contribution in [2.24, 2.45) is 5.92 Å². The smallest absolute Gasteiger partial charge is 0.0991 e. The molecule has 1 aromatic rings. The van der Waals surface area contributed by atoms with E-state index in [0.29, 0.717) is 12.1 Å². The van der Waals surface area contributed by atoms with E-state index in [2.05, 4.69) is 19.2 Å². The maximum Gasteiger partial charge on any atom is 0.0991 e. The van der Waals surface area contributed by atoms with E-state index in [4.69, 9.17) is 23.2 Å². The molecule has 3 atom stereocenters. The second kappa shape index (κ2) is 6.60. The maximum atomic E-state index is 6.22. The van der Waals surface area contributed by atoms with Crippen LogP contribution in [0.4, 0.5) is 0 Å². The lowest BCUT2D eigenvalue weighted by Crippen LogP contribution is -2.39. The van der Waals surface area contributed by atoms with E-state index in [-0.39, 0.29) is 0 Å². The van der Waals surface area contributed by atoms with Gasteiger partial charge in [0.2, 0.25) is 0 Å². The van der Waals surface area contributed by atoms with E-state index in [9.17, 15) is 0 Å². The molecule has 0 aromatic carbocycles. The molecule has 1 fully saturated rings. The standard InChI is InChI=1S/C14H21Cl2NS/c1-3-10-6-4-5-7-12(10)17-9(2)11-8-13(15)18-14(11)16/h8-10,12,17H,3-7H2,1-2H3. The van der Waals surface area contributed by atoms with Gasteiger partial charge < -0.3 is 5.32 Å². The Hall–Kier alpha value is 0.240. The monoisotopic (exact) mass is 305 g/mol. The van der Waals surface area contributed by atoms with Crippen LogP contribution < -0.4 is 5.32 Å². The molecule has 0 saturated heterocycles. The van der Waals surface area contributed by atoms with Crippen molar-refractivity contribution in [1.82, 2.24) is 5.32 Å². The third-order valence-electron chi connectivity index (χ3n) is 4.05. The minimum absolute atomic E-state index is 0.290. The molecule has 1 nitrogen and oxygen atoms in total. The Morgan fingerprint density at radius 2 is 2.11 bits per heavy atom. The molecule has 18 heavy (non-hydrogen) atoms. The van der Waals surface area contributed by atoms with Gasteiger partial charge in [-0.15, -0.1) is 11.3 Å². The highest BCUT2D eigenvalue weighted by Gasteiger charge is 2.25. The molecule has 1 aliphatic carbocycles. The van der Waals surface area contributed by atoms with Gasteiger partial charge in [0.1, 0.15) is 0 Å². The van der Waals surface area contributed by atoms with Gasteiger partial charge in [-0.1, -0.05) is 49.4 Å². The predicted molar refractivity (Wildman–Crippen MR) is 81.9 cm³/mol. The van der Waals surface area contributed by atoms with Gasteiger partial charge in [-0.3, -0.25) is 0 Å². The second-order valence-corrected chi connectivity index (χ2v) is 7.51. The van der Waals surface area contributed by atoms with Gasteiger partial charge in [0, 0.05) is 12.1 Å². The van der Waals surface area contributed by atoms with Gasteiger partial charge in [0.25, 0.3) is 0 Å². The third kappa shape index (κ3) is 3.41. The molecule has 2 rings (SSSR count). The van der Waals surface area contributed by atoms with Crippen LogP contribution in [0.1, 0.15) is 57.6 Å². The largest absolute Gasteiger partial charge is 0.307 e. The molecule has 1 saturated carbocycles. The summed E-state index contributed by atoms with van der Waals surface area (Å²) in [4.78, 5) is 0. The SMILES string of the molecule is CCC1CCCCC1NC(C)c1cc(Cl)sc1Cl. The van der Waals surface area contributed by atoms with Crippen LogP contribution in [0.5, 0.6) is 0 Å². The van der Waals surface area contributed by atoms with Crippen molar-refractivity contribution < 1.29 is 0 Å². The Morgan fingerprint density at radius 3 is 2.72 bits per heavy atom. The highest BCUT2D eigenvalue weighted by atomic mass is 35.5. The first kappa shape index (κ1) is 14.6. The van der Waals surface area contributed by atoms with Crippen molar-refractivity contribution in [3.63, 3.8) is 0 Å². The summed E-state index contributed by atoms with van der Waals surface area (Å²) in [5, 5.41) is 3.75. The van der Waals surface area contributed by atoms with E-state index in [1.165, 1.54) is 43.4 Å². The summed E-state index contributed by atoms with van der Waals surface area (Å²) >= 11 is 13.7. The normalized spacial score (nSPS) is 26.2. The molecule has 4 heteroatoms. The van der Waals surface area contributed by atoms with Crippen LogP contribution in [0.3, 0.4) is 0 Å². The summed E-state index contributed by atoms with van der Waals surface area (Å²) in [7, 11) is 0. The van der Waals surface area contributed by atoms with E-state index in [1.54, 1.807) is 0 Å². The first-order chi connectivity index (χ1) is 8.61. The predicted octanol–water partition coefficient (Wildman–Crippen LogP) is 5.67. The molecule has 0 amide bonds. The molecule has 0 bridgehead atoms. The minimum Gasteiger partial charge on any atom is -0.307 e. The topological polar surface area (TPSA) is 12.0 Å². The van der Waals surface area contributed by atoms with E-state index in [1.807, 2.05) is 6.07 Å². The Labute approximate surface area is 124 Å². The molecule has 0 aliphatic heterocycles. The van der Waals surface area contributed by atoms with E-state index < -0.39 is 0 Å². The van der Waals surface area contributed by atoms with Crippen LogP contribution in [0.15, 0.2) is 6.07 Å². The van der Waals surface area contributed by atoms with Gasteiger partial charge in [-0.2, -0.15) is 0 Å². The van der Waals surface area contributed by atoms with Crippen molar-refractivity contribution in [3.05, 3.63) is 20.3 Å². The van der Waals surface area contributed by atoms with Gasteiger partial charge in [-0.25, -0.2) is 0 Å². The molecule has 1 aromatic heterocycles. The molecule has 1 heterocycles. The fourth-order valence-electron chi connectivity index (χ4n) is 2.97. The molecular weight excluding hydrogens is 285 g/mol. The fourth-order valence-corrected chi connectivity index (χ4v) is 4.62. The van der Waals surface area contributed by atoms with Crippen LogP contribution in [0.25, 0.3) is 0 Å². The lowest BCUT2D eigenvalue weighted by atomic mass is 9.82. The van der Waals surface area contributed by atoms with Crippen molar-refractivity contribution in [3.8, 4) is 0 Å². The lowest BCUT2D eigenvalue weighted by molar-refractivity contribution is 0.241. The van der Waals surface area contributed by atoms with Gasteiger partial charge in [0.15, 0.2) is 0 Å². The number of halogens is 2. The molecular formula is C14H21Cl2NS. The Balaban J connectivity index is 2.01. The van der Waals surface area contributed by atoms with E-state index >= 15 is 0 Å². The molecule has 1 N–H and O–H groups in total. The van der Waals surface area contributed by atoms with Gasteiger partial charge in [0.05, 0.1) is 8.67 Å². The quantitative estimate of drug-likeness (QED) is 0.755. The molecule has 102 valence electrons. The zero-order valence-electron chi connectivity index (χ0n) is 11.0. The van der Waals surface area contributed by atoms with Crippen LogP contribution in [-0.2, 0) is 0 Å². The molecule has 0 radical (unpaired) electrons. The zero-order valence-corrected chi connectivity index (χ0v) is 13.3. The van der Waals surface area contributed by atoms with E-state index in [0.717, 1.165) is 20.2 Å². The Kier molecular flexibility index (Phi) is 5.37. The average molecular weight is 306 g/mol. The van der Waals surface area contributed by atoms with Crippen LogP contribution in [0, 0.1) is 5.92 Å². The Morgan fingerprint density at radius 1 is 1.39 bits per heavy atom. The lowest BCUT2D eigenvalue weighted by Gasteiger charge is -2.34. The van der Waals surface area contributed by atoms with Gasteiger partial charge in [-0.05, 0) is 37.3 Å². The molecule has 0 spiro atoms. The Bertz CT molecular complexity index is 391. The van der Waals surface area contributed by atoms with Crippen molar-refractivity contribution in [2.45, 2.75) is 58.0 Å². The van der Waals surface area contributed by atoms with Crippen molar-refractivity contribution in [1.29, 1.82) is 0 Å². The summed E-state index contributed by atoms with van der Waals surface area (Å²) in [6, 6.07) is 2.92. The average Bonchev–Trinajstić information content (AvgIpc) is 2.69. The molecule has 3 unspecified atom stereocenters. The van der Waals surface area contributed by atoms with Crippen LogP contribution in [-0.4, -0.2) is 6.04 Å². The molecule has 1 aliphatic rings. The van der Waals surface area contributed by atoms with Gasteiger partial charge >= 0.3 is 0 Å². The van der Waals surface area contributed by atoms with Crippen LogP contribution >= 0.6 is 34.5 Å². The number of hydrogen-bond donors (Lipinski definition) is 1. The fraction of sp³-hybridized carbons (Fsp3) is 0.714. The summed E-state index contributed by atoms with van der Waals surface area (Å²) in [5.41, 5.74) is 1.15. The van der Waals surface area contributed by atoms with Crippen LogP contribution in [0.2, 0.25) is 8.67 Å². The summed E-state index contributed by atoms with van der Waals surface area (Å²) in [6.07, 6.45) is 6.65. The highest BCUT2D eigenvalue weighted by Crippen LogP contribution is 2.36. The summed E-state index contributed by atoms with van der Waals surface area (Å²) in [6.45, 7) is 4.48. The second-order valence-electron chi connectivity index (χ2n) is 5.23. The highest BCUT2D eigenvalue weighted by molar-refractivity contribution is 7.20. The number of rotatable bonds is 4. The summed E-state index contributed by atoms with van der Waals surface area (Å²) < 4.78 is 1.60. The third-order valence-corrected chi connectivity index (χ3v) is 5.57. The van der Waals surface area contributed by atoms with Crippen molar-refractivity contribution >= 4 is 34.5 Å².